The maximum Gasteiger partial charge on any atom is 0.232 e. The number of aryl methyl sites for hydroxylation is 1. The van der Waals surface area contributed by atoms with Gasteiger partial charge in [-0.05, 0) is 44.5 Å². The number of rotatable bonds is 6. The molecule has 0 aliphatic carbocycles. The van der Waals surface area contributed by atoms with Gasteiger partial charge in [0.2, 0.25) is 10.0 Å². The van der Waals surface area contributed by atoms with Crippen LogP contribution in [-0.4, -0.2) is 24.0 Å². The van der Waals surface area contributed by atoms with Crippen LogP contribution in [0, 0.1) is 13.8 Å². The van der Waals surface area contributed by atoms with Crippen molar-refractivity contribution >= 4 is 27.3 Å². The van der Waals surface area contributed by atoms with E-state index in [1.165, 1.54) is 0 Å². The van der Waals surface area contributed by atoms with Gasteiger partial charge in [-0.15, -0.1) is 0 Å². The number of nitrogens with one attached hydrogen (secondary N) is 1. The first-order valence-electron chi connectivity index (χ1n) is 7.16. The van der Waals surface area contributed by atoms with Crippen molar-refractivity contribution in [3.05, 3.63) is 40.7 Å². The lowest BCUT2D eigenvalue weighted by atomic mass is 10.3. The topological polar surface area (TPSA) is 64.0 Å². The highest BCUT2D eigenvalue weighted by Gasteiger charge is 2.12. The van der Waals surface area contributed by atoms with E-state index >= 15 is 0 Å². The van der Waals surface area contributed by atoms with Gasteiger partial charge in [-0.3, -0.25) is 4.72 Å². The van der Waals surface area contributed by atoms with Gasteiger partial charge in [0.05, 0.1) is 27.9 Å². The van der Waals surface area contributed by atoms with Crippen LogP contribution in [-0.2, 0) is 10.0 Å². The van der Waals surface area contributed by atoms with Crippen LogP contribution in [0.1, 0.15) is 31.2 Å². The normalized spacial score (nSPS) is 11.6. The molecular formula is C15H20ClN3O2S. The Hall–Kier alpha value is -1.53. The molecule has 0 fully saturated rings. The highest BCUT2D eigenvalue weighted by molar-refractivity contribution is 7.92. The average molecular weight is 342 g/mol. The van der Waals surface area contributed by atoms with Gasteiger partial charge in [-0.25, -0.2) is 13.1 Å². The molecule has 0 saturated heterocycles. The summed E-state index contributed by atoms with van der Waals surface area (Å²) >= 11 is 6.14. The van der Waals surface area contributed by atoms with Crippen LogP contribution in [0.2, 0.25) is 5.02 Å². The summed E-state index contributed by atoms with van der Waals surface area (Å²) in [6.45, 7) is 5.70. The Morgan fingerprint density at radius 1 is 1.23 bits per heavy atom. The first-order valence-corrected chi connectivity index (χ1v) is 9.19. The Labute approximate surface area is 136 Å². The highest BCUT2D eigenvalue weighted by atomic mass is 35.5. The van der Waals surface area contributed by atoms with E-state index < -0.39 is 10.0 Å². The molecule has 1 N–H and O–H groups in total. The molecule has 0 amide bonds. The van der Waals surface area contributed by atoms with Crippen LogP contribution in [0.3, 0.4) is 0 Å². The maximum atomic E-state index is 11.9. The van der Waals surface area contributed by atoms with Gasteiger partial charge in [-0.1, -0.05) is 24.9 Å². The summed E-state index contributed by atoms with van der Waals surface area (Å²) in [6, 6.07) is 7.08. The SMILES string of the molecule is CCCCS(=O)(=O)Nc1ccc(-n2nc(C)c(Cl)c2C)cc1. The molecule has 1 heterocycles. The number of halogens is 1. The molecule has 0 spiro atoms. The third-order valence-electron chi connectivity index (χ3n) is 3.35. The van der Waals surface area contributed by atoms with E-state index in [0.29, 0.717) is 17.1 Å². The Morgan fingerprint density at radius 2 is 1.86 bits per heavy atom. The van der Waals surface area contributed by atoms with Crippen molar-refractivity contribution in [1.82, 2.24) is 9.78 Å². The zero-order chi connectivity index (χ0) is 16.3. The molecule has 0 aliphatic heterocycles. The van der Waals surface area contributed by atoms with Crippen LogP contribution in [0.25, 0.3) is 5.69 Å². The minimum absolute atomic E-state index is 0.137. The smallest absolute Gasteiger partial charge is 0.232 e. The van der Waals surface area contributed by atoms with Crippen molar-refractivity contribution in [2.75, 3.05) is 10.5 Å². The van der Waals surface area contributed by atoms with Crippen LogP contribution in [0.5, 0.6) is 0 Å². The number of sulfonamides is 1. The summed E-state index contributed by atoms with van der Waals surface area (Å²) in [6.07, 6.45) is 1.50. The number of aromatic nitrogens is 2. The zero-order valence-corrected chi connectivity index (χ0v) is 14.5. The van der Waals surface area contributed by atoms with E-state index in [4.69, 9.17) is 11.6 Å². The van der Waals surface area contributed by atoms with Gasteiger partial charge in [0.1, 0.15) is 0 Å². The van der Waals surface area contributed by atoms with Crippen LogP contribution >= 0.6 is 11.6 Å². The second kappa shape index (κ2) is 6.71. The third kappa shape index (κ3) is 3.81. The van der Waals surface area contributed by atoms with Crippen molar-refractivity contribution in [2.45, 2.75) is 33.6 Å². The Kier molecular flexibility index (Phi) is 5.13. The zero-order valence-electron chi connectivity index (χ0n) is 12.9. The van der Waals surface area contributed by atoms with Gasteiger partial charge in [-0.2, -0.15) is 5.10 Å². The lowest BCUT2D eigenvalue weighted by Gasteiger charge is -2.09. The number of hydrogen-bond donors (Lipinski definition) is 1. The van der Waals surface area contributed by atoms with Gasteiger partial charge < -0.3 is 0 Å². The van der Waals surface area contributed by atoms with E-state index in [9.17, 15) is 8.42 Å². The Balaban J connectivity index is 2.19. The fourth-order valence-corrected chi connectivity index (χ4v) is 3.49. The van der Waals surface area contributed by atoms with Gasteiger partial charge in [0.25, 0.3) is 0 Å². The highest BCUT2D eigenvalue weighted by Crippen LogP contribution is 2.23. The summed E-state index contributed by atoms with van der Waals surface area (Å²) in [5.74, 6) is 0.137. The monoisotopic (exact) mass is 341 g/mol. The van der Waals surface area contributed by atoms with Crippen molar-refractivity contribution in [3.8, 4) is 5.69 Å². The lowest BCUT2D eigenvalue weighted by Crippen LogP contribution is -2.16. The van der Waals surface area contributed by atoms with Gasteiger partial charge in [0, 0.05) is 5.69 Å². The molecule has 0 radical (unpaired) electrons. The maximum absolute atomic E-state index is 11.9. The van der Waals surface area contributed by atoms with Gasteiger partial charge >= 0.3 is 0 Å². The predicted molar refractivity (Wildman–Crippen MR) is 90.4 cm³/mol. The van der Waals surface area contributed by atoms with Crippen LogP contribution in [0.15, 0.2) is 24.3 Å². The van der Waals surface area contributed by atoms with E-state index in [1.54, 1.807) is 16.8 Å². The quantitative estimate of drug-likeness (QED) is 0.871. The molecule has 0 unspecified atom stereocenters. The largest absolute Gasteiger partial charge is 0.284 e. The van der Waals surface area contributed by atoms with E-state index in [2.05, 4.69) is 9.82 Å². The molecular weight excluding hydrogens is 322 g/mol. The summed E-state index contributed by atoms with van der Waals surface area (Å²) in [5.41, 5.74) is 3.01. The number of anilines is 1. The molecule has 7 heteroatoms. The molecule has 2 rings (SSSR count). The first kappa shape index (κ1) is 16.8. The van der Waals surface area contributed by atoms with E-state index in [0.717, 1.165) is 23.5 Å². The van der Waals surface area contributed by atoms with Crippen LogP contribution < -0.4 is 4.72 Å². The minimum atomic E-state index is -3.28. The molecule has 22 heavy (non-hydrogen) atoms. The molecule has 0 saturated carbocycles. The van der Waals surface area contributed by atoms with Gasteiger partial charge in [0.15, 0.2) is 0 Å². The van der Waals surface area contributed by atoms with Crippen molar-refractivity contribution in [3.63, 3.8) is 0 Å². The fraction of sp³-hybridized carbons (Fsp3) is 0.400. The summed E-state index contributed by atoms with van der Waals surface area (Å²) in [7, 11) is -3.28. The number of unbranched alkanes of at least 4 members (excludes halogenated alkanes) is 1. The van der Waals surface area contributed by atoms with E-state index in [1.807, 2.05) is 32.9 Å². The summed E-state index contributed by atoms with van der Waals surface area (Å²) in [5, 5.41) is 5.01. The molecule has 1 aromatic heterocycles. The Morgan fingerprint density at radius 3 is 2.36 bits per heavy atom. The second-order valence-corrected chi connectivity index (χ2v) is 7.44. The standard InChI is InChI=1S/C15H20ClN3O2S/c1-4-5-10-22(20,21)18-13-6-8-14(9-7-13)19-12(3)15(16)11(2)17-19/h6-9,18H,4-5,10H2,1-3H3. The molecule has 0 atom stereocenters. The lowest BCUT2D eigenvalue weighted by molar-refractivity contribution is 0.598. The van der Waals surface area contributed by atoms with Crippen LogP contribution in [0.4, 0.5) is 5.69 Å². The number of nitrogens with zero attached hydrogens (tertiary/aromatic N) is 2. The molecule has 1 aromatic carbocycles. The molecule has 2 aromatic rings. The average Bonchev–Trinajstić information content (AvgIpc) is 2.73. The van der Waals surface area contributed by atoms with E-state index in [-0.39, 0.29) is 5.75 Å². The van der Waals surface area contributed by atoms with Crippen molar-refractivity contribution in [1.29, 1.82) is 0 Å². The summed E-state index contributed by atoms with van der Waals surface area (Å²) < 4.78 is 28.1. The fourth-order valence-electron chi connectivity index (χ4n) is 2.11. The second-order valence-electron chi connectivity index (χ2n) is 5.22. The number of benzene rings is 1. The predicted octanol–water partition coefficient (Wildman–Crippen LogP) is 3.68. The minimum Gasteiger partial charge on any atom is -0.284 e. The first-order chi connectivity index (χ1) is 10.3. The third-order valence-corrected chi connectivity index (χ3v) is 5.27. The molecule has 0 aliphatic rings. The van der Waals surface area contributed by atoms with Crippen molar-refractivity contribution in [2.24, 2.45) is 0 Å². The van der Waals surface area contributed by atoms with Crippen molar-refractivity contribution < 1.29 is 8.42 Å². The molecule has 120 valence electrons. The number of hydrogen-bond acceptors (Lipinski definition) is 3. The summed E-state index contributed by atoms with van der Waals surface area (Å²) in [4.78, 5) is 0. The Bertz CT molecular complexity index is 752. The molecule has 5 nitrogen and oxygen atoms in total. The molecule has 0 bridgehead atoms.